The van der Waals surface area contributed by atoms with Crippen molar-refractivity contribution in [2.24, 2.45) is 4.99 Å². The van der Waals surface area contributed by atoms with Crippen LogP contribution in [-0.4, -0.2) is 60.8 Å². The molecule has 2 aliphatic rings. The fraction of sp³-hybridized carbons (Fsp3) is 0.556. The van der Waals surface area contributed by atoms with Crippen molar-refractivity contribution in [1.29, 1.82) is 0 Å². The molecule has 26 heavy (non-hydrogen) atoms. The van der Waals surface area contributed by atoms with Crippen LogP contribution in [0.25, 0.3) is 0 Å². The SMILES string of the molecule is CCCCN(C)C(=O)c1ccc(C)c(NC2=NC3CS(=O)(=O)CC3S2)c1. The molecule has 3 rings (SSSR count). The lowest BCUT2D eigenvalue weighted by Crippen LogP contribution is -2.27. The summed E-state index contributed by atoms with van der Waals surface area (Å²) in [5, 5.41) is 4.03. The zero-order valence-corrected chi connectivity index (χ0v) is 17.0. The minimum absolute atomic E-state index is 0.00507. The van der Waals surface area contributed by atoms with E-state index >= 15 is 0 Å². The highest BCUT2D eigenvalue weighted by Crippen LogP contribution is 2.35. The Bertz CT molecular complexity index is 836. The number of carbonyl (C=O) groups excluding carboxylic acids is 1. The summed E-state index contributed by atoms with van der Waals surface area (Å²) in [4.78, 5) is 18.8. The van der Waals surface area contributed by atoms with Crippen LogP contribution in [0.1, 0.15) is 35.7 Å². The molecule has 0 spiro atoms. The van der Waals surface area contributed by atoms with Crippen LogP contribution in [0.15, 0.2) is 23.2 Å². The molecule has 2 atom stereocenters. The van der Waals surface area contributed by atoms with E-state index in [4.69, 9.17) is 0 Å². The first-order valence-electron chi connectivity index (χ1n) is 8.87. The molecule has 6 nitrogen and oxygen atoms in total. The zero-order valence-electron chi connectivity index (χ0n) is 15.4. The molecule has 2 heterocycles. The molecule has 1 fully saturated rings. The van der Waals surface area contributed by atoms with Crippen molar-refractivity contribution >= 4 is 38.4 Å². The van der Waals surface area contributed by atoms with Gasteiger partial charge in [0, 0.05) is 30.1 Å². The van der Waals surface area contributed by atoms with Crippen molar-refractivity contribution in [2.45, 2.75) is 38.0 Å². The molecular formula is C18H25N3O3S2. The van der Waals surface area contributed by atoms with Crippen molar-refractivity contribution in [3.8, 4) is 0 Å². The third kappa shape index (κ3) is 4.23. The quantitative estimate of drug-likeness (QED) is 0.829. The molecule has 1 N–H and O–H groups in total. The monoisotopic (exact) mass is 395 g/mol. The molecule has 1 amide bonds. The number of rotatable bonds is 5. The van der Waals surface area contributed by atoms with Crippen LogP contribution >= 0.6 is 11.8 Å². The summed E-state index contributed by atoms with van der Waals surface area (Å²) >= 11 is 1.48. The van der Waals surface area contributed by atoms with E-state index in [0.29, 0.717) is 5.56 Å². The minimum atomic E-state index is -2.95. The second-order valence-electron chi connectivity index (χ2n) is 6.97. The molecule has 1 saturated heterocycles. The van der Waals surface area contributed by atoms with Crippen LogP contribution in [0.3, 0.4) is 0 Å². The highest BCUT2D eigenvalue weighted by Gasteiger charge is 2.42. The van der Waals surface area contributed by atoms with Crippen molar-refractivity contribution in [1.82, 2.24) is 4.90 Å². The number of amides is 1. The summed E-state index contributed by atoms with van der Waals surface area (Å²) in [6.07, 6.45) is 2.03. The smallest absolute Gasteiger partial charge is 0.253 e. The predicted octanol–water partition coefficient (Wildman–Crippen LogP) is 2.55. The zero-order chi connectivity index (χ0) is 18.9. The maximum absolute atomic E-state index is 12.6. The molecule has 142 valence electrons. The van der Waals surface area contributed by atoms with Crippen molar-refractivity contribution in [2.75, 3.05) is 30.4 Å². The summed E-state index contributed by atoms with van der Waals surface area (Å²) in [5.74, 6) is 0.331. The average Bonchev–Trinajstić information content (AvgIpc) is 3.06. The van der Waals surface area contributed by atoms with Gasteiger partial charge in [-0.05, 0) is 31.0 Å². The average molecular weight is 396 g/mol. The van der Waals surface area contributed by atoms with Gasteiger partial charge in [-0.1, -0.05) is 31.2 Å². The molecule has 0 saturated carbocycles. The number of unbranched alkanes of at least 4 members (excludes halogenated alkanes) is 1. The molecule has 2 aliphatic heterocycles. The molecule has 0 bridgehead atoms. The number of nitrogens with zero attached hydrogens (tertiary/aromatic N) is 2. The van der Waals surface area contributed by atoms with Crippen LogP contribution in [0.4, 0.5) is 5.69 Å². The van der Waals surface area contributed by atoms with E-state index < -0.39 is 9.84 Å². The van der Waals surface area contributed by atoms with Gasteiger partial charge in [0.25, 0.3) is 5.91 Å². The normalized spacial score (nSPS) is 23.4. The van der Waals surface area contributed by atoms with Crippen LogP contribution in [0.2, 0.25) is 0 Å². The van der Waals surface area contributed by atoms with Crippen LogP contribution in [0.5, 0.6) is 0 Å². The molecule has 0 radical (unpaired) electrons. The van der Waals surface area contributed by atoms with Gasteiger partial charge in [-0.25, -0.2) is 8.42 Å². The van der Waals surface area contributed by atoms with E-state index in [2.05, 4.69) is 17.2 Å². The van der Waals surface area contributed by atoms with Gasteiger partial charge in [0.1, 0.15) is 0 Å². The molecular weight excluding hydrogens is 370 g/mol. The number of sulfone groups is 1. The third-order valence-electron chi connectivity index (χ3n) is 4.74. The van der Waals surface area contributed by atoms with Crippen molar-refractivity contribution in [3.05, 3.63) is 29.3 Å². The largest absolute Gasteiger partial charge is 0.342 e. The lowest BCUT2D eigenvalue weighted by Gasteiger charge is -2.18. The Morgan fingerprint density at radius 3 is 2.85 bits per heavy atom. The van der Waals surface area contributed by atoms with Gasteiger partial charge in [-0.15, -0.1) is 0 Å². The number of benzene rings is 1. The van der Waals surface area contributed by atoms with E-state index in [0.717, 1.165) is 35.8 Å². The molecule has 8 heteroatoms. The lowest BCUT2D eigenvalue weighted by atomic mass is 10.1. The van der Waals surface area contributed by atoms with Gasteiger partial charge in [-0.2, -0.15) is 0 Å². The number of amidine groups is 1. The number of hydrogen-bond acceptors (Lipinski definition) is 6. The highest BCUT2D eigenvalue weighted by atomic mass is 32.2. The lowest BCUT2D eigenvalue weighted by molar-refractivity contribution is 0.0793. The number of aliphatic imine (C=N–C) groups is 1. The molecule has 0 aromatic heterocycles. The number of anilines is 1. The Morgan fingerprint density at radius 1 is 1.38 bits per heavy atom. The summed E-state index contributed by atoms with van der Waals surface area (Å²) in [7, 11) is -1.13. The Morgan fingerprint density at radius 2 is 2.15 bits per heavy atom. The first kappa shape index (κ1) is 19.2. The van der Waals surface area contributed by atoms with Gasteiger partial charge in [0.15, 0.2) is 15.0 Å². The summed E-state index contributed by atoms with van der Waals surface area (Å²) in [6.45, 7) is 4.82. The summed E-state index contributed by atoms with van der Waals surface area (Å²) in [5.41, 5.74) is 2.50. The van der Waals surface area contributed by atoms with E-state index in [-0.39, 0.29) is 28.7 Å². The molecule has 1 aromatic carbocycles. The summed E-state index contributed by atoms with van der Waals surface area (Å²) < 4.78 is 23.4. The number of fused-ring (bicyclic) bond motifs is 1. The standard InChI is InChI=1S/C18H25N3O3S2/c1-4-5-8-21(3)17(22)13-7-6-12(2)14(9-13)19-18-20-15-10-26(23,24)11-16(15)25-18/h6-7,9,15-16H,4-5,8,10-11H2,1-3H3,(H,19,20). The fourth-order valence-corrected chi connectivity index (χ4v) is 6.81. The van der Waals surface area contributed by atoms with E-state index in [1.54, 1.807) is 4.90 Å². The Hall–Kier alpha value is -1.54. The van der Waals surface area contributed by atoms with Crippen LogP contribution in [0, 0.1) is 6.92 Å². The maximum Gasteiger partial charge on any atom is 0.253 e. The Labute approximate surface area is 159 Å². The Kier molecular flexibility index (Phi) is 5.62. The minimum Gasteiger partial charge on any atom is -0.342 e. The number of aryl methyl sites for hydroxylation is 1. The first-order valence-corrected chi connectivity index (χ1v) is 11.6. The molecule has 1 aromatic rings. The van der Waals surface area contributed by atoms with Crippen LogP contribution < -0.4 is 5.32 Å². The van der Waals surface area contributed by atoms with Gasteiger partial charge < -0.3 is 10.2 Å². The number of thioether (sulfide) groups is 1. The number of hydrogen-bond donors (Lipinski definition) is 1. The first-order chi connectivity index (χ1) is 12.3. The summed E-state index contributed by atoms with van der Waals surface area (Å²) in [6, 6.07) is 5.47. The predicted molar refractivity (Wildman–Crippen MR) is 108 cm³/mol. The topological polar surface area (TPSA) is 78.8 Å². The van der Waals surface area contributed by atoms with E-state index in [1.165, 1.54) is 11.8 Å². The number of nitrogens with one attached hydrogen (secondary N) is 1. The van der Waals surface area contributed by atoms with Crippen LogP contribution in [-0.2, 0) is 9.84 Å². The second kappa shape index (κ2) is 7.60. The third-order valence-corrected chi connectivity index (χ3v) is 7.88. The van der Waals surface area contributed by atoms with Gasteiger partial charge in [-0.3, -0.25) is 9.79 Å². The van der Waals surface area contributed by atoms with E-state index in [1.807, 2.05) is 32.2 Å². The number of carbonyl (C=O) groups is 1. The van der Waals surface area contributed by atoms with Crippen molar-refractivity contribution in [3.63, 3.8) is 0 Å². The van der Waals surface area contributed by atoms with Gasteiger partial charge in [0.05, 0.1) is 17.5 Å². The Balaban J connectivity index is 1.72. The maximum atomic E-state index is 12.6. The van der Waals surface area contributed by atoms with Crippen molar-refractivity contribution < 1.29 is 13.2 Å². The molecule has 0 aliphatic carbocycles. The highest BCUT2D eigenvalue weighted by molar-refractivity contribution is 8.15. The second-order valence-corrected chi connectivity index (χ2v) is 10.4. The molecule has 2 unspecified atom stereocenters. The van der Waals surface area contributed by atoms with Gasteiger partial charge >= 0.3 is 0 Å². The van der Waals surface area contributed by atoms with Gasteiger partial charge in [0.2, 0.25) is 0 Å². The van der Waals surface area contributed by atoms with E-state index in [9.17, 15) is 13.2 Å². The fourth-order valence-electron chi connectivity index (χ4n) is 3.14.